The van der Waals surface area contributed by atoms with E-state index in [1.165, 1.54) is 6.07 Å². The van der Waals surface area contributed by atoms with Crippen LogP contribution in [0.15, 0.2) is 40.8 Å². The lowest BCUT2D eigenvalue weighted by atomic mass is 10.2. The summed E-state index contributed by atoms with van der Waals surface area (Å²) >= 11 is 0. The maximum atomic E-state index is 13.7. The van der Waals surface area contributed by atoms with Crippen LogP contribution in [-0.2, 0) is 0 Å². The van der Waals surface area contributed by atoms with E-state index in [1.807, 2.05) is 13.0 Å². The van der Waals surface area contributed by atoms with E-state index in [9.17, 15) is 4.39 Å². The molecule has 3 aromatic rings. The van der Waals surface area contributed by atoms with Gasteiger partial charge in [0.15, 0.2) is 5.58 Å². The summed E-state index contributed by atoms with van der Waals surface area (Å²) in [6.45, 7) is 1.83. The van der Waals surface area contributed by atoms with Crippen LogP contribution in [0.3, 0.4) is 0 Å². The molecule has 96 valence electrons. The van der Waals surface area contributed by atoms with Crippen molar-refractivity contribution in [2.75, 3.05) is 11.1 Å². The van der Waals surface area contributed by atoms with E-state index < -0.39 is 0 Å². The number of nitrogen functional groups attached to an aromatic ring is 1. The third kappa shape index (κ3) is 2.22. The predicted octanol–water partition coefficient (Wildman–Crippen LogP) is 3.60. The average molecular weight is 257 g/mol. The number of oxazole rings is 1. The Morgan fingerprint density at radius 1 is 1.21 bits per heavy atom. The number of nitrogens with two attached hydrogens (primary N) is 1. The number of aryl methyl sites for hydroxylation is 1. The van der Waals surface area contributed by atoms with Crippen LogP contribution >= 0.6 is 0 Å². The van der Waals surface area contributed by atoms with Crippen molar-refractivity contribution in [1.82, 2.24) is 4.98 Å². The van der Waals surface area contributed by atoms with Gasteiger partial charge in [-0.15, -0.1) is 0 Å². The smallest absolute Gasteiger partial charge is 0.300 e. The molecule has 0 fully saturated rings. The van der Waals surface area contributed by atoms with Crippen molar-refractivity contribution in [3.63, 3.8) is 0 Å². The summed E-state index contributed by atoms with van der Waals surface area (Å²) < 4.78 is 19.2. The van der Waals surface area contributed by atoms with Gasteiger partial charge in [-0.3, -0.25) is 0 Å². The number of nitrogens with zero attached hydrogens (tertiary/aromatic N) is 1. The van der Waals surface area contributed by atoms with Gasteiger partial charge in [-0.1, -0.05) is 6.07 Å². The summed E-state index contributed by atoms with van der Waals surface area (Å²) in [5, 5.41) is 2.81. The number of rotatable bonds is 2. The van der Waals surface area contributed by atoms with Crippen LogP contribution in [0.4, 0.5) is 21.8 Å². The summed E-state index contributed by atoms with van der Waals surface area (Å²) in [6, 6.07) is 10.3. The molecule has 2 aromatic carbocycles. The molecule has 0 aliphatic rings. The highest BCUT2D eigenvalue weighted by Crippen LogP contribution is 2.25. The molecule has 0 spiro atoms. The summed E-state index contributed by atoms with van der Waals surface area (Å²) in [6.07, 6.45) is 0. The SMILES string of the molecule is Cc1ccc(Nc2nc3ccc(N)cc3o2)c(F)c1. The van der Waals surface area contributed by atoms with Gasteiger partial charge in [0.1, 0.15) is 11.3 Å². The van der Waals surface area contributed by atoms with Crippen molar-refractivity contribution in [3.05, 3.63) is 47.8 Å². The highest BCUT2D eigenvalue weighted by Gasteiger charge is 2.08. The van der Waals surface area contributed by atoms with Crippen molar-refractivity contribution in [2.45, 2.75) is 6.92 Å². The predicted molar refractivity (Wildman–Crippen MR) is 72.8 cm³/mol. The third-order valence-electron chi connectivity index (χ3n) is 2.78. The van der Waals surface area contributed by atoms with Crippen LogP contribution in [0, 0.1) is 12.7 Å². The van der Waals surface area contributed by atoms with Gasteiger partial charge in [0.2, 0.25) is 0 Å². The molecule has 0 aliphatic carbocycles. The normalized spacial score (nSPS) is 10.8. The minimum atomic E-state index is -0.346. The maximum absolute atomic E-state index is 13.7. The van der Waals surface area contributed by atoms with Gasteiger partial charge in [-0.25, -0.2) is 4.39 Å². The van der Waals surface area contributed by atoms with E-state index in [0.717, 1.165) is 5.56 Å². The number of fused-ring (bicyclic) bond motifs is 1. The molecule has 0 saturated heterocycles. The molecule has 0 atom stereocenters. The van der Waals surface area contributed by atoms with Crippen LogP contribution in [-0.4, -0.2) is 4.98 Å². The van der Waals surface area contributed by atoms with Crippen LogP contribution in [0.1, 0.15) is 5.56 Å². The fraction of sp³-hybridized carbons (Fsp3) is 0.0714. The van der Waals surface area contributed by atoms with Crippen molar-refractivity contribution in [2.24, 2.45) is 0 Å². The van der Waals surface area contributed by atoms with Gasteiger partial charge in [0.25, 0.3) is 6.01 Å². The Hall–Kier alpha value is -2.56. The Morgan fingerprint density at radius 3 is 2.84 bits per heavy atom. The number of hydrogen-bond acceptors (Lipinski definition) is 4. The van der Waals surface area contributed by atoms with Crippen LogP contribution in [0.2, 0.25) is 0 Å². The molecule has 0 amide bonds. The fourth-order valence-electron chi connectivity index (χ4n) is 1.83. The first kappa shape index (κ1) is 11.5. The van der Waals surface area contributed by atoms with E-state index >= 15 is 0 Å². The maximum Gasteiger partial charge on any atom is 0.300 e. The van der Waals surface area contributed by atoms with Crippen LogP contribution in [0.5, 0.6) is 0 Å². The Morgan fingerprint density at radius 2 is 2.05 bits per heavy atom. The number of benzene rings is 2. The molecule has 19 heavy (non-hydrogen) atoms. The van der Waals surface area contributed by atoms with Crippen LogP contribution in [0.25, 0.3) is 11.1 Å². The minimum absolute atomic E-state index is 0.239. The van der Waals surface area contributed by atoms with E-state index in [2.05, 4.69) is 10.3 Å². The molecular weight excluding hydrogens is 245 g/mol. The molecule has 0 aliphatic heterocycles. The summed E-state index contributed by atoms with van der Waals surface area (Å²) in [4.78, 5) is 4.21. The van der Waals surface area contributed by atoms with Gasteiger partial charge in [0.05, 0.1) is 5.69 Å². The highest BCUT2D eigenvalue weighted by atomic mass is 19.1. The topological polar surface area (TPSA) is 64.1 Å². The molecule has 0 unspecified atom stereocenters. The number of nitrogens with one attached hydrogen (secondary N) is 1. The van der Waals surface area contributed by atoms with E-state index in [-0.39, 0.29) is 11.8 Å². The zero-order valence-corrected chi connectivity index (χ0v) is 10.3. The Kier molecular flexibility index (Phi) is 2.59. The average Bonchev–Trinajstić information content (AvgIpc) is 2.74. The van der Waals surface area contributed by atoms with Gasteiger partial charge in [0, 0.05) is 11.8 Å². The summed E-state index contributed by atoms with van der Waals surface area (Å²) in [7, 11) is 0. The van der Waals surface area contributed by atoms with E-state index in [1.54, 1.807) is 24.3 Å². The molecule has 0 saturated carbocycles. The Bertz CT molecular complexity index is 752. The molecular formula is C14H12FN3O. The lowest BCUT2D eigenvalue weighted by molar-refractivity contribution is 0.611. The number of halogens is 1. The largest absolute Gasteiger partial charge is 0.423 e. The molecule has 0 radical (unpaired) electrons. The molecule has 5 heteroatoms. The first-order valence-corrected chi connectivity index (χ1v) is 5.81. The molecule has 1 heterocycles. The highest BCUT2D eigenvalue weighted by molar-refractivity contribution is 5.78. The lowest BCUT2D eigenvalue weighted by Gasteiger charge is -2.03. The molecule has 4 nitrogen and oxygen atoms in total. The van der Waals surface area contributed by atoms with Crippen molar-refractivity contribution in [3.8, 4) is 0 Å². The second kappa shape index (κ2) is 4.28. The first-order valence-electron chi connectivity index (χ1n) is 5.81. The molecule has 1 aromatic heterocycles. The minimum Gasteiger partial charge on any atom is -0.423 e. The van der Waals surface area contributed by atoms with Crippen LogP contribution < -0.4 is 11.1 Å². The Balaban J connectivity index is 1.96. The molecule has 0 bridgehead atoms. The zero-order valence-electron chi connectivity index (χ0n) is 10.3. The number of aromatic nitrogens is 1. The van der Waals surface area contributed by atoms with E-state index in [0.29, 0.717) is 22.5 Å². The van der Waals surface area contributed by atoms with Gasteiger partial charge in [-0.05, 0) is 36.8 Å². The lowest BCUT2D eigenvalue weighted by Crippen LogP contribution is -1.94. The van der Waals surface area contributed by atoms with Crippen molar-refractivity contribution in [1.29, 1.82) is 0 Å². The van der Waals surface area contributed by atoms with Crippen molar-refractivity contribution >= 4 is 28.5 Å². The zero-order chi connectivity index (χ0) is 13.4. The van der Waals surface area contributed by atoms with Gasteiger partial charge in [-0.2, -0.15) is 4.98 Å². The van der Waals surface area contributed by atoms with E-state index in [4.69, 9.17) is 10.2 Å². The molecule has 3 N–H and O–H groups in total. The standard InChI is InChI=1S/C14H12FN3O/c1-8-2-4-11(10(15)6-8)17-14-18-12-5-3-9(16)7-13(12)19-14/h2-7H,16H2,1H3,(H,17,18). The third-order valence-corrected chi connectivity index (χ3v) is 2.78. The second-order valence-electron chi connectivity index (χ2n) is 4.35. The Labute approximate surface area is 109 Å². The van der Waals surface area contributed by atoms with Gasteiger partial charge >= 0.3 is 0 Å². The first-order chi connectivity index (χ1) is 9.11. The number of anilines is 3. The molecule has 3 rings (SSSR count). The number of hydrogen-bond donors (Lipinski definition) is 2. The monoisotopic (exact) mass is 257 g/mol. The second-order valence-corrected chi connectivity index (χ2v) is 4.35. The fourth-order valence-corrected chi connectivity index (χ4v) is 1.83. The summed E-state index contributed by atoms with van der Waals surface area (Å²) in [5.74, 6) is -0.346. The quantitative estimate of drug-likeness (QED) is 0.688. The van der Waals surface area contributed by atoms with Gasteiger partial charge < -0.3 is 15.5 Å². The summed E-state index contributed by atoms with van der Waals surface area (Å²) in [5.41, 5.74) is 8.67. The van der Waals surface area contributed by atoms with Crippen molar-refractivity contribution < 1.29 is 8.81 Å².